The van der Waals surface area contributed by atoms with E-state index in [2.05, 4.69) is 5.32 Å². The highest BCUT2D eigenvalue weighted by Gasteiger charge is 2.73. The van der Waals surface area contributed by atoms with E-state index in [-0.39, 0.29) is 16.7 Å². The Hall–Kier alpha value is -7.02. The van der Waals surface area contributed by atoms with Crippen LogP contribution in [-0.4, -0.2) is 97.1 Å². The van der Waals surface area contributed by atoms with E-state index in [1.54, 1.807) is 78.9 Å². The van der Waals surface area contributed by atoms with Gasteiger partial charge in [0.1, 0.15) is 29.8 Å². The van der Waals surface area contributed by atoms with E-state index < -0.39 is 138 Å². The van der Waals surface area contributed by atoms with Crippen molar-refractivity contribution in [3.8, 4) is 0 Å². The Kier molecular flexibility index (Phi) is 16.5. The minimum absolute atomic E-state index is 0.0179. The van der Waals surface area contributed by atoms with Crippen molar-refractivity contribution in [3.63, 3.8) is 0 Å². The van der Waals surface area contributed by atoms with Crippen LogP contribution in [-0.2, 0) is 61.6 Å². The molecule has 6 rings (SSSR count). The quantitative estimate of drug-likeness (QED) is 0.0830. The predicted octanol–water partition coefficient (Wildman–Crippen LogP) is 8.14. The molecule has 2 N–H and O–H groups in total. The molecule has 0 heterocycles. The number of amides is 1. The van der Waals surface area contributed by atoms with E-state index in [4.69, 9.17) is 32.8 Å². The number of hydrogen-bond donors (Lipinski definition) is 2. The van der Waals surface area contributed by atoms with Gasteiger partial charge >= 0.3 is 35.8 Å². The summed E-state index contributed by atoms with van der Waals surface area (Å²) in [6.07, 6.45) is -3.72. The molecule has 0 aromatic heterocycles. The second-order valence-electron chi connectivity index (χ2n) is 21.5. The maximum absolute atomic E-state index is 15.7. The van der Waals surface area contributed by atoms with Gasteiger partial charge in [-0.05, 0) is 79.5 Å². The summed E-state index contributed by atoms with van der Waals surface area (Å²) in [6, 6.07) is 23.6. The third kappa shape index (κ3) is 11.3. The third-order valence-electron chi connectivity index (χ3n) is 15.0. The Bertz CT molecular complexity index is 2830. The van der Waals surface area contributed by atoms with Crippen molar-refractivity contribution >= 4 is 55.8 Å². The maximum atomic E-state index is 15.7. The maximum Gasteiger partial charge on any atom is 0.338 e. The van der Waals surface area contributed by atoms with E-state index in [1.165, 1.54) is 39.8 Å². The molecule has 0 aliphatic heterocycles. The molecule has 0 unspecified atom stereocenters. The van der Waals surface area contributed by atoms with Gasteiger partial charge in [0.15, 0.2) is 37.3 Å². The number of aliphatic hydroxyl groups is 1. The number of ketones is 1. The molecule has 3 aliphatic carbocycles. The van der Waals surface area contributed by atoms with Crippen molar-refractivity contribution in [2.75, 3.05) is 6.61 Å². The fourth-order valence-corrected chi connectivity index (χ4v) is 11.4. The number of benzene rings is 3. The molecule has 0 radical (unpaired) electrons. The number of ether oxygens (including phenoxy) is 6. The average Bonchev–Trinajstić information content (AvgIpc) is 3.33. The lowest BCUT2D eigenvalue weighted by molar-refractivity contribution is -0.235. The predicted molar refractivity (Wildman–Crippen MR) is 274 cm³/mol. The highest BCUT2D eigenvalue weighted by molar-refractivity contribution is 6.74. The fraction of sp³-hybridized carbons (Fsp3) is 0.439. The molecule has 8 atom stereocenters. The lowest BCUT2D eigenvalue weighted by atomic mass is 9.49. The van der Waals surface area contributed by atoms with Crippen molar-refractivity contribution in [1.29, 1.82) is 0 Å². The van der Waals surface area contributed by atoms with Crippen molar-refractivity contribution in [1.82, 2.24) is 5.32 Å². The molecule has 400 valence electrons. The zero-order chi connectivity index (χ0) is 55.6. The molecular weight excluding hydrogens is 983 g/mol. The molecule has 3 aromatic carbocycles. The van der Waals surface area contributed by atoms with E-state index in [0.29, 0.717) is 11.1 Å². The summed E-state index contributed by atoms with van der Waals surface area (Å²) in [4.78, 5) is 113. The Labute approximate surface area is 438 Å². The lowest BCUT2D eigenvalue weighted by Gasteiger charge is -2.60. The van der Waals surface area contributed by atoms with Gasteiger partial charge < -0.3 is 43.3 Å². The summed E-state index contributed by atoms with van der Waals surface area (Å²) in [6.45, 7) is 19.0. The standard InChI is InChI=1S/C57H67NO16Si/c1-33-41(71-52(66)46(74-75(12,13)53(6,7)8)44(38-23-17-14-18-24-38)58-50(64)39-25-19-15-20-26-39)31-57(67)49(72-51(65)40-27-21-16-22-28-40)47-55(11,42(63)29-30-56(47,73-37(5)62)32-68-34(2)59)48(70-36(4)61)45(69-35(3)60)43(33)54(57,9)10/h14-30,41,44,46-47,49,67H,31-32H2,1-13H3,(H,58,64)/b48-45-/t41-,44-,46+,47-,49-,55+,56+,57+/m0/s1. The van der Waals surface area contributed by atoms with Crippen molar-refractivity contribution in [2.45, 2.75) is 136 Å². The van der Waals surface area contributed by atoms with Crippen molar-refractivity contribution in [2.24, 2.45) is 16.7 Å². The van der Waals surface area contributed by atoms with E-state index in [0.717, 1.165) is 39.8 Å². The van der Waals surface area contributed by atoms with Gasteiger partial charge in [0.05, 0.1) is 17.5 Å². The smallest absolute Gasteiger partial charge is 0.338 e. The monoisotopic (exact) mass is 1050 g/mol. The molecular formula is C57H67NO16Si. The van der Waals surface area contributed by atoms with Gasteiger partial charge in [0.2, 0.25) is 0 Å². The summed E-state index contributed by atoms with van der Waals surface area (Å²) in [5.74, 6) is -10.4. The Morgan fingerprint density at radius 3 is 1.83 bits per heavy atom. The van der Waals surface area contributed by atoms with Crippen LogP contribution in [0.15, 0.2) is 126 Å². The number of fused-ring (bicyclic) bond motifs is 3. The topological polar surface area (TPSA) is 233 Å². The lowest BCUT2D eigenvalue weighted by Crippen LogP contribution is -2.72. The molecule has 18 heteroatoms. The summed E-state index contributed by atoms with van der Waals surface area (Å²) < 4.78 is 44.0. The zero-order valence-corrected chi connectivity index (χ0v) is 45.7. The summed E-state index contributed by atoms with van der Waals surface area (Å²) in [5.41, 5.74) is -8.41. The molecule has 0 spiro atoms. The normalized spacial score (nSPS) is 25.9. The van der Waals surface area contributed by atoms with Crippen molar-refractivity contribution in [3.05, 3.63) is 143 Å². The number of esters is 6. The molecule has 0 fully saturated rings. The highest BCUT2D eigenvalue weighted by Crippen LogP contribution is 2.63. The van der Waals surface area contributed by atoms with Crippen LogP contribution < -0.4 is 5.32 Å². The molecule has 2 bridgehead atoms. The highest BCUT2D eigenvalue weighted by atomic mass is 28.4. The van der Waals surface area contributed by atoms with Gasteiger partial charge in [-0.25, -0.2) is 9.59 Å². The van der Waals surface area contributed by atoms with Crippen LogP contribution in [0.4, 0.5) is 0 Å². The summed E-state index contributed by atoms with van der Waals surface area (Å²) >= 11 is 0. The first-order valence-corrected chi connectivity index (χ1v) is 27.5. The molecule has 3 aromatic rings. The summed E-state index contributed by atoms with van der Waals surface area (Å²) in [5, 5.41) is 16.7. The number of hydrogen-bond acceptors (Lipinski definition) is 16. The Morgan fingerprint density at radius 1 is 0.760 bits per heavy atom. The van der Waals surface area contributed by atoms with Gasteiger partial charge in [-0.15, -0.1) is 0 Å². The van der Waals surface area contributed by atoms with Crippen LogP contribution in [0.3, 0.4) is 0 Å². The van der Waals surface area contributed by atoms with Crippen LogP contribution >= 0.6 is 0 Å². The van der Waals surface area contributed by atoms with E-state index in [1.807, 2.05) is 33.9 Å². The fourth-order valence-electron chi connectivity index (χ4n) is 10.2. The Morgan fingerprint density at radius 2 is 1.31 bits per heavy atom. The second kappa shape index (κ2) is 21.7. The largest absolute Gasteiger partial charge is 0.461 e. The number of nitrogens with one attached hydrogen (secondary N) is 1. The minimum atomic E-state index is -3.01. The van der Waals surface area contributed by atoms with Gasteiger partial charge in [-0.2, -0.15) is 0 Å². The molecule has 1 amide bonds. The Balaban J connectivity index is 1.71. The van der Waals surface area contributed by atoms with Gasteiger partial charge in [-0.3, -0.25) is 28.8 Å². The van der Waals surface area contributed by atoms with Crippen LogP contribution in [0.2, 0.25) is 18.1 Å². The second-order valence-corrected chi connectivity index (χ2v) is 26.3. The SMILES string of the molecule is CC(=O)OC[C@]1(OC(C)=O)C=CC(=O)[C@@]2(C)/C(OC(C)=O)=C(/OC(C)=O)C3=C(C)[C@@H](OC(=O)[C@H](O[Si](C)(C)C(C)(C)C)[C@@H](NC(=O)c4ccccc4)c4ccccc4)C[C@@](O)([C@@H](OC(=O)c4ccccc4)[C@H]12)C3(C)C. The average molecular weight is 1050 g/mol. The minimum Gasteiger partial charge on any atom is -0.461 e. The molecule has 75 heavy (non-hydrogen) atoms. The summed E-state index contributed by atoms with van der Waals surface area (Å²) in [7, 11) is -3.01. The molecule has 0 saturated heterocycles. The van der Waals surface area contributed by atoms with Crippen LogP contribution in [0.1, 0.15) is 115 Å². The van der Waals surface area contributed by atoms with Crippen LogP contribution in [0.25, 0.3) is 0 Å². The van der Waals surface area contributed by atoms with Crippen LogP contribution in [0.5, 0.6) is 0 Å². The van der Waals surface area contributed by atoms with Gasteiger partial charge in [-0.1, -0.05) is 101 Å². The van der Waals surface area contributed by atoms with E-state index >= 15 is 9.59 Å². The number of rotatable bonds is 15. The number of carbonyl (C=O) groups excluding carboxylic acids is 8. The van der Waals surface area contributed by atoms with Gasteiger partial charge in [0, 0.05) is 50.7 Å². The number of carbonyl (C=O) groups is 8. The molecule has 17 nitrogen and oxygen atoms in total. The van der Waals surface area contributed by atoms with E-state index in [9.17, 15) is 33.9 Å². The number of allylic oxidation sites excluding steroid dienone is 3. The molecule has 3 aliphatic rings. The zero-order valence-electron chi connectivity index (χ0n) is 44.7. The molecule has 0 saturated carbocycles. The van der Waals surface area contributed by atoms with Crippen molar-refractivity contribution < 1.29 is 76.3 Å². The first-order valence-electron chi connectivity index (χ1n) is 24.6. The first-order chi connectivity index (χ1) is 34.9. The first kappa shape index (κ1) is 57.3. The van der Waals surface area contributed by atoms with Crippen LogP contribution in [0, 0.1) is 16.7 Å². The third-order valence-corrected chi connectivity index (χ3v) is 19.5. The van der Waals surface area contributed by atoms with Gasteiger partial charge in [0.25, 0.3) is 5.91 Å².